The summed E-state index contributed by atoms with van der Waals surface area (Å²) in [5.41, 5.74) is 0.875. The minimum Gasteiger partial charge on any atom is -0.483 e. The predicted octanol–water partition coefficient (Wildman–Crippen LogP) is 3.28. The summed E-state index contributed by atoms with van der Waals surface area (Å²) in [5, 5.41) is 2.88. The number of para-hydroxylation sites is 1. The maximum absolute atomic E-state index is 11.8. The van der Waals surface area contributed by atoms with Gasteiger partial charge in [-0.15, -0.1) is 0 Å². The fourth-order valence-electron chi connectivity index (χ4n) is 1.81. The smallest absolute Gasteiger partial charge is 0.258 e. The number of rotatable bonds is 3. The second-order valence-electron chi connectivity index (χ2n) is 6.83. The van der Waals surface area contributed by atoms with Crippen LogP contribution in [0.2, 0.25) is 0 Å². The van der Waals surface area contributed by atoms with Gasteiger partial charge in [-0.05, 0) is 37.8 Å². The molecule has 0 aliphatic carbocycles. The van der Waals surface area contributed by atoms with Gasteiger partial charge in [0.1, 0.15) is 5.75 Å². The molecule has 0 saturated heterocycles. The van der Waals surface area contributed by atoms with Crippen LogP contribution in [0.1, 0.15) is 47.1 Å². The quantitative estimate of drug-likeness (QED) is 0.909. The number of carbonyl (C=O) groups excluding carboxylic acids is 1. The molecule has 0 heterocycles. The number of nitrogens with one attached hydrogen (secondary N) is 1. The fourth-order valence-corrected chi connectivity index (χ4v) is 1.81. The van der Waals surface area contributed by atoms with Crippen molar-refractivity contribution < 1.29 is 9.53 Å². The minimum atomic E-state index is -0.232. The van der Waals surface area contributed by atoms with Crippen LogP contribution < -0.4 is 10.1 Å². The first kappa shape index (κ1) is 15.5. The van der Waals surface area contributed by atoms with Gasteiger partial charge in [0.2, 0.25) is 0 Å². The maximum atomic E-state index is 11.8. The third kappa shape index (κ3) is 5.33. The van der Waals surface area contributed by atoms with E-state index in [0.29, 0.717) is 0 Å². The normalized spacial score (nSPS) is 12.1. The van der Waals surface area contributed by atoms with E-state index in [0.717, 1.165) is 11.3 Å². The number of benzene rings is 1. The van der Waals surface area contributed by atoms with Crippen molar-refractivity contribution in [2.45, 2.75) is 52.5 Å². The second kappa shape index (κ2) is 5.64. The van der Waals surface area contributed by atoms with Crippen molar-refractivity contribution in [1.29, 1.82) is 0 Å². The average Bonchev–Trinajstić information content (AvgIpc) is 2.23. The van der Waals surface area contributed by atoms with Gasteiger partial charge in [0.15, 0.2) is 6.61 Å². The standard InChI is InChI=1S/C16H25NO2/c1-15(2,3)12-9-7-8-10-13(12)19-11-14(18)17-16(4,5)6/h7-10H,11H2,1-6H3,(H,17,18). The van der Waals surface area contributed by atoms with Crippen molar-refractivity contribution in [3.05, 3.63) is 29.8 Å². The van der Waals surface area contributed by atoms with Crippen LogP contribution in [-0.4, -0.2) is 18.1 Å². The van der Waals surface area contributed by atoms with E-state index in [1.54, 1.807) is 0 Å². The molecule has 0 bridgehead atoms. The predicted molar refractivity (Wildman–Crippen MR) is 78.5 cm³/mol. The summed E-state index contributed by atoms with van der Waals surface area (Å²) in [4.78, 5) is 11.8. The summed E-state index contributed by atoms with van der Waals surface area (Å²) in [6.07, 6.45) is 0. The summed E-state index contributed by atoms with van der Waals surface area (Å²) in [7, 11) is 0. The summed E-state index contributed by atoms with van der Waals surface area (Å²) < 4.78 is 5.66. The van der Waals surface area contributed by atoms with Crippen molar-refractivity contribution in [2.75, 3.05) is 6.61 Å². The Bertz CT molecular complexity index is 439. The Hall–Kier alpha value is -1.51. The second-order valence-corrected chi connectivity index (χ2v) is 6.83. The Morgan fingerprint density at radius 2 is 1.68 bits per heavy atom. The zero-order valence-corrected chi connectivity index (χ0v) is 12.8. The largest absolute Gasteiger partial charge is 0.483 e. The lowest BCUT2D eigenvalue weighted by atomic mass is 9.86. The van der Waals surface area contributed by atoms with Crippen LogP contribution in [0, 0.1) is 0 Å². The average molecular weight is 263 g/mol. The SMILES string of the molecule is CC(C)(C)NC(=O)COc1ccccc1C(C)(C)C. The van der Waals surface area contributed by atoms with Crippen LogP contribution >= 0.6 is 0 Å². The molecule has 0 aliphatic heterocycles. The summed E-state index contributed by atoms with van der Waals surface area (Å²) in [6, 6.07) is 7.86. The molecule has 0 fully saturated rings. The molecule has 0 saturated carbocycles. The fraction of sp³-hybridized carbons (Fsp3) is 0.562. The van der Waals surface area contributed by atoms with Crippen LogP contribution in [-0.2, 0) is 10.2 Å². The van der Waals surface area contributed by atoms with Gasteiger partial charge in [-0.2, -0.15) is 0 Å². The molecule has 0 aromatic heterocycles. The molecule has 0 atom stereocenters. The van der Waals surface area contributed by atoms with Crippen LogP contribution in [0.25, 0.3) is 0 Å². The van der Waals surface area contributed by atoms with Gasteiger partial charge >= 0.3 is 0 Å². The lowest BCUT2D eigenvalue weighted by molar-refractivity contribution is -0.124. The molecular formula is C16H25NO2. The van der Waals surface area contributed by atoms with Crippen molar-refractivity contribution in [2.24, 2.45) is 0 Å². The number of carbonyl (C=O) groups is 1. The molecule has 1 amide bonds. The molecule has 3 heteroatoms. The first-order valence-corrected chi connectivity index (χ1v) is 6.63. The zero-order valence-electron chi connectivity index (χ0n) is 12.8. The van der Waals surface area contributed by atoms with E-state index in [1.807, 2.05) is 45.0 Å². The van der Waals surface area contributed by atoms with Gasteiger partial charge in [0.25, 0.3) is 5.91 Å². The van der Waals surface area contributed by atoms with Crippen molar-refractivity contribution in [3.8, 4) is 5.75 Å². The highest BCUT2D eigenvalue weighted by Gasteiger charge is 2.19. The highest BCUT2D eigenvalue weighted by molar-refractivity contribution is 5.78. The number of hydrogen-bond donors (Lipinski definition) is 1. The topological polar surface area (TPSA) is 38.3 Å². The van der Waals surface area contributed by atoms with Gasteiger partial charge in [-0.1, -0.05) is 39.0 Å². The van der Waals surface area contributed by atoms with Gasteiger partial charge < -0.3 is 10.1 Å². The van der Waals surface area contributed by atoms with Crippen molar-refractivity contribution in [1.82, 2.24) is 5.32 Å². The van der Waals surface area contributed by atoms with E-state index in [2.05, 4.69) is 26.1 Å². The molecule has 1 aromatic carbocycles. The molecule has 106 valence electrons. The van der Waals surface area contributed by atoms with Crippen LogP contribution in [0.5, 0.6) is 5.75 Å². The highest BCUT2D eigenvalue weighted by atomic mass is 16.5. The Morgan fingerprint density at radius 3 is 2.21 bits per heavy atom. The van der Waals surface area contributed by atoms with Crippen molar-refractivity contribution >= 4 is 5.91 Å². The highest BCUT2D eigenvalue weighted by Crippen LogP contribution is 2.30. The molecule has 19 heavy (non-hydrogen) atoms. The molecule has 0 aliphatic rings. The summed E-state index contributed by atoms with van der Waals surface area (Å²) >= 11 is 0. The third-order valence-electron chi connectivity index (χ3n) is 2.57. The van der Waals surface area contributed by atoms with E-state index < -0.39 is 0 Å². The Morgan fingerprint density at radius 1 is 1.11 bits per heavy atom. The summed E-state index contributed by atoms with van der Waals surface area (Å²) in [6.45, 7) is 12.3. The molecule has 0 spiro atoms. The van der Waals surface area contributed by atoms with Gasteiger partial charge in [0, 0.05) is 5.54 Å². The van der Waals surface area contributed by atoms with Crippen LogP contribution in [0.4, 0.5) is 0 Å². The molecule has 0 unspecified atom stereocenters. The van der Waals surface area contributed by atoms with E-state index in [9.17, 15) is 4.79 Å². The lowest BCUT2D eigenvalue weighted by Gasteiger charge is -2.24. The Labute approximate surface area is 116 Å². The van der Waals surface area contributed by atoms with Gasteiger partial charge in [-0.25, -0.2) is 0 Å². The molecule has 1 aromatic rings. The van der Waals surface area contributed by atoms with E-state index in [1.165, 1.54) is 0 Å². The molecule has 0 radical (unpaired) electrons. The van der Waals surface area contributed by atoms with E-state index >= 15 is 0 Å². The number of hydrogen-bond acceptors (Lipinski definition) is 2. The zero-order chi connectivity index (χ0) is 14.7. The Balaban J connectivity index is 2.71. The minimum absolute atomic E-state index is 0.00288. The summed E-state index contributed by atoms with van der Waals surface area (Å²) in [5.74, 6) is 0.676. The Kier molecular flexibility index (Phi) is 4.61. The monoisotopic (exact) mass is 263 g/mol. The first-order valence-electron chi connectivity index (χ1n) is 6.63. The molecule has 1 N–H and O–H groups in total. The number of amides is 1. The molecule has 1 rings (SSSR count). The number of ether oxygens (including phenoxy) is 1. The maximum Gasteiger partial charge on any atom is 0.258 e. The third-order valence-corrected chi connectivity index (χ3v) is 2.57. The van der Waals surface area contributed by atoms with Gasteiger partial charge in [-0.3, -0.25) is 4.79 Å². The van der Waals surface area contributed by atoms with Crippen LogP contribution in [0.3, 0.4) is 0 Å². The van der Waals surface area contributed by atoms with E-state index in [-0.39, 0.29) is 23.5 Å². The first-order chi connectivity index (χ1) is 8.59. The van der Waals surface area contributed by atoms with Crippen molar-refractivity contribution in [3.63, 3.8) is 0 Å². The molecular weight excluding hydrogens is 238 g/mol. The lowest BCUT2D eigenvalue weighted by Crippen LogP contribution is -2.43. The van der Waals surface area contributed by atoms with Gasteiger partial charge in [0.05, 0.1) is 0 Å². The van der Waals surface area contributed by atoms with E-state index in [4.69, 9.17) is 4.74 Å². The van der Waals surface area contributed by atoms with Crippen LogP contribution in [0.15, 0.2) is 24.3 Å². The molecule has 3 nitrogen and oxygen atoms in total.